The van der Waals surface area contributed by atoms with Gasteiger partial charge in [0, 0.05) is 17.5 Å². The van der Waals surface area contributed by atoms with Gasteiger partial charge in [-0.3, -0.25) is 9.69 Å². The highest BCUT2D eigenvalue weighted by atomic mass is 32.2. The lowest BCUT2D eigenvalue weighted by Crippen LogP contribution is -2.48. The molecule has 0 saturated carbocycles. The zero-order chi connectivity index (χ0) is 15.5. The first kappa shape index (κ1) is 16.4. The van der Waals surface area contributed by atoms with Crippen molar-refractivity contribution in [2.75, 3.05) is 19.3 Å². The molecule has 0 bridgehead atoms. The summed E-state index contributed by atoms with van der Waals surface area (Å²) in [6.07, 6.45) is 4.54. The number of rotatable bonds is 5. The van der Waals surface area contributed by atoms with E-state index in [1.165, 1.54) is 10.5 Å². The Bertz CT molecular complexity index is 488. The van der Waals surface area contributed by atoms with E-state index in [2.05, 4.69) is 42.3 Å². The summed E-state index contributed by atoms with van der Waals surface area (Å²) < 4.78 is 0. The zero-order valence-electron chi connectivity index (χ0n) is 13.1. The molecule has 0 aliphatic carbocycles. The average molecular weight is 307 g/mol. The number of hydrogen-bond acceptors (Lipinski definition) is 3. The summed E-state index contributed by atoms with van der Waals surface area (Å²) in [7, 11) is 0. The van der Waals surface area contributed by atoms with Crippen molar-refractivity contribution >= 4 is 17.7 Å². The number of carboxylic acid groups (broad SMARTS) is 1. The van der Waals surface area contributed by atoms with Gasteiger partial charge in [0.2, 0.25) is 0 Å². The van der Waals surface area contributed by atoms with Crippen LogP contribution in [0.25, 0.3) is 0 Å². The minimum atomic E-state index is -0.639. The molecule has 2 unspecified atom stereocenters. The maximum absolute atomic E-state index is 11.7. The molecule has 0 radical (unpaired) electrons. The largest absolute Gasteiger partial charge is 0.481 e. The summed E-state index contributed by atoms with van der Waals surface area (Å²) in [5.74, 6) is -0.639. The molecule has 1 aromatic rings. The van der Waals surface area contributed by atoms with E-state index in [4.69, 9.17) is 0 Å². The van der Waals surface area contributed by atoms with Crippen LogP contribution in [0, 0.1) is 5.41 Å². The van der Waals surface area contributed by atoms with E-state index >= 15 is 0 Å². The van der Waals surface area contributed by atoms with E-state index < -0.39 is 11.4 Å². The van der Waals surface area contributed by atoms with E-state index in [1.54, 1.807) is 11.8 Å². The van der Waals surface area contributed by atoms with Crippen LogP contribution in [0.5, 0.6) is 0 Å². The van der Waals surface area contributed by atoms with Gasteiger partial charge < -0.3 is 5.11 Å². The molecular formula is C17H25NO2S. The van der Waals surface area contributed by atoms with Gasteiger partial charge in [0.25, 0.3) is 0 Å². The predicted octanol–water partition coefficient (Wildman–Crippen LogP) is 4.05. The van der Waals surface area contributed by atoms with E-state index in [0.29, 0.717) is 13.0 Å². The van der Waals surface area contributed by atoms with Gasteiger partial charge in [0.15, 0.2) is 0 Å². The number of benzene rings is 1. The minimum absolute atomic E-state index is 0.270. The third-order valence-electron chi connectivity index (χ3n) is 4.88. The van der Waals surface area contributed by atoms with Gasteiger partial charge in [-0.1, -0.05) is 19.1 Å². The molecule has 0 spiro atoms. The second-order valence-electron chi connectivity index (χ2n) is 5.96. The summed E-state index contributed by atoms with van der Waals surface area (Å²) in [4.78, 5) is 15.3. The van der Waals surface area contributed by atoms with Crippen molar-refractivity contribution < 1.29 is 9.90 Å². The highest BCUT2D eigenvalue weighted by Gasteiger charge is 2.41. The normalized spacial score (nSPS) is 24.7. The standard InChI is InChI=1S/C17H25NO2S/c1-4-17(16(19)20)10-5-11-18(12-17)13(2)14-6-8-15(21-3)9-7-14/h6-9,13H,4-5,10-12H2,1-3H3,(H,19,20). The number of hydrogen-bond donors (Lipinski definition) is 1. The summed E-state index contributed by atoms with van der Waals surface area (Å²) in [6.45, 7) is 5.82. The van der Waals surface area contributed by atoms with E-state index in [9.17, 15) is 9.90 Å². The van der Waals surface area contributed by atoms with Gasteiger partial charge in [0.1, 0.15) is 0 Å². The first-order valence-electron chi connectivity index (χ1n) is 7.64. The second-order valence-corrected chi connectivity index (χ2v) is 6.84. The Labute approximate surface area is 131 Å². The Morgan fingerprint density at radius 3 is 2.62 bits per heavy atom. The molecule has 0 aromatic heterocycles. The Hall–Kier alpha value is -1.00. The topological polar surface area (TPSA) is 40.5 Å². The summed E-state index contributed by atoms with van der Waals surface area (Å²) in [5, 5.41) is 9.60. The Morgan fingerprint density at radius 1 is 1.43 bits per heavy atom. The molecule has 1 aromatic carbocycles. The molecule has 0 amide bonds. The molecule has 2 rings (SSSR count). The first-order valence-corrected chi connectivity index (χ1v) is 8.86. The molecular weight excluding hydrogens is 282 g/mol. The molecule has 1 fully saturated rings. The van der Waals surface area contributed by atoms with Gasteiger partial charge in [-0.15, -0.1) is 11.8 Å². The maximum Gasteiger partial charge on any atom is 0.310 e. The third kappa shape index (κ3) is 3.43. The van der Waals surface area contributed by atoms with Crippen LogP contribution >= 0.6 is 11.8 Å². The maximum atomic E-state index is 11.7. The molecule has 1 N–H and O–H groups in total. The lowest BCUT2D eigenvalue weighted by molar-refractivity contribution is -0.153. The third-order valence-corrected chi connectivity index (χ3v) is 5.63. The Kier molecular flexibility index (Phi) is 5.33. The predicted molar refractivity (Wildman–Crippen MR) is 87.8 cm³/mol. The molecule has 1 heterocycles. The number of likely N-dealkylation sites (tertiary alicyclic amines) is 1. The van der Waals surface area contributed by atoms with Crippen LogP contribution in [-0.2, 0) is 4.79 Å². The van der Waals surface area contributed by atoms with Crippen molar-refractivity contribution in [3.8, 4) is 0 Å². The molecule has 2 atom stereocenters. The second kappa shape index (κ2) is 6.84. The Morgan fingerprint density at radius 2 is 2.10 bits per heavy atom. The lowest BCUT2D eigenvalue weighted by Gasteiger charge is -2.42. The van der Waals surface area contributed by atoms with Crippen LogP contribution < -0.4 is 0 Å². The highest BCUT2D eigenvalue weighted by molar-refractivity contribution is 7.98. The van der Waals surface area contributed by atoms with Gasteiger partial charge in [0.05, 0.1) is 5.41 Å². The van der Waals surface area contributed by atoms with Gasteiger partial charge >= 0.3 is 5.97 Å². The number of carbonyl (C=O) groups is 1. The van der Waals surface area contributed by atoms with Crippen molar-refractivity contribution in [3.63, 3.8) is 0 Å². The fraction of sp³-hybridized carbons (Fsp3) is 0.588. The van der Waals surface area contributed by atoms with Gasteiger partial charge in [-0.25, -0.2) is 0 Å². The van der Waals surface area contributed by atoms with E-state index in [0.717, 1.165) is 19.4 Å². The highest BCUT2D eigenvalue weighted by Crippen LogP contribution is 2.37. The molecule has 116 valence electrons. The summed E-state index contributed by atoms with van der Waals surface area (Å²) in [5.41, 5.74) is 0.705. The van der Waals surface area contributed by atoms with Crippen molar-refractivity contribution in [2.24, 2.45) is 5.41 Å². The van der Waals surface area contributed by atoms with Crippen molar-refractivity contribution in [1.82, 2.24) is 4.90 Å². The summed E-state index contributed by atoms with van der Waals surface area (Å²) in [6, 6.07) is 8.89. The number of piperidine rings is 1. The summed E-state index contributed by atoms with van der Waals surface area (Å²) >= 11 is 1.74. The number of carboxylic acids is 1. The van der Waals surface area contributed by atoms with Crippen LogP contribution in [-0.4, -0.2) is 35.3 Å². The van der Waals surface area contributed by atoms with E-state index in [-0.39, 0.29) is 6.04 Å². The van der Waals surface area contributed by atoms with Gasteiger partial charge in [-0.2, -0.15) is 0 Å². The zero-order valence-corrected chi connectivity index (χ0v) is 13.9. The monoisotopic (exact) mass is 307 g/mol. The SMILES string of the molecule is CCC1(C(=O)O)CCCN(C(C)c2ccc(SC)cc2)C1. The minimum Gasteiger partial charge on any atom is -0.481 e. The molecule has 4 heteroatoms. The number of aliphatic carboxylic acids is 1. The van der Waals surface area contributed by atoms with Crippen LogP contribution in [0.4, 0.5) is 0 Å². The molecule has 1 aliphatic heterocycles. The fourth-order valence-electron chi connectivity index (χ4n) is 3.21. The first-order chi connectivity index (χ1) is 10.0. The van der Waals surface area contributed by atoms with Crippen molar-refractivity contribution in [1.29, 1.82) is 0 Å². The lowest BCUT2D eigenvalue weighted by atomic mass is 9.77. The van der Waals surface area contributed by atoms with Crippen molar-refractivity contribution in [3.05, 3.63) is 29.8 Å². The quantitative estimate of drug-likeness (QED) is 0.833. The number of nitrogens with zero attached hydrogens (tertiary/aromatic N) is 1. The smallest absolute Gasteiger partial charge is 0.310 e. The van der Waals surface area contributed by atoms with Crippen LogP contribution in [0.15, 0.2) is 29.2 Å². The van der Waals surface area contributed by atoms with Gasteiger partial charge in [-0.05, 0) is 56.7 Å². The fourth-order valence-corrected chi connectivity index (χ4v) is 3.61. The van der Waals surface area contributed by atoms with Crippen LogP contribution in [0.3, 0.4) is 0 Å². The van der Waals surface area contributed by atoms with Crippen LogP contribution in [0.2, 0.25) is 0 Å². The van der Waals surface area contributed by atoms with Crippen LogP contribution in [0.1, 0.15) is 44.7 Å². The van der Waals surface area contributed by atoms with Crippen molar-refractivity contribution in [2.45, 2.75) is 44.0 Å². The number of thioether (sulfide) groups is 1. The molecule has 1 saturated heterocycles. The molecule has 1 aliphatic rings. The Balaban J connectivity index is 2.14. The molecule has 21 heavy (non-hydrogen) atoms. The molecule has 3 nitrogen and oxygen atoms in total. The van der Waals surface area contributed by atoms with E-state index in [1.807, 2.05) is 6.92 Å². The average Bonchev–Trinajstić information content (AvgIpc) is 2.54.